The van der Waals surface area contributed by atoms with E-state index in [0.717, 1.165) is 18.4 Å². The number of benzene rings is 1. The van der Waals surface area contributed by atoms with Gasteiger partial charge in [-0.25, -0.2) is 4.72 Å². The third kappa shape index (κ3) is 5.20. The Hall–Kier alpha value is -0.950. The molecule has 0 radical (unpaired) electrons. The summed E-state index contributed by atoms with van der Waals surface area (Å²) in [5.41, 5.74) is 6.93. The lowest BCUT2D eigenvalue weighted by Gasteiger charge is -2.22. The van der Waals surface area contributed by atoms with Gasteiger partial charge in [0, 0.05) is 25.7 Å². The summed E-state index contributed by atoms with van der Waals surface area (Å²) >= 11 is 0. The zero-order chi connectivity index (χ0) is 15.0. The van der Waals surface area contributed by atoms with E-state index in [1.165, 1.54) is 4.31 Å². The molecular weight excluding hydrogens is 274 g/mol. The van der Waals surface area contributed by atoms with E-state index >= 15 is 0 Å². The van der Waals surface area contributed by atoms with Crippen molar-refractivity contribution in [2.24, 2.45) is 5.73 Å². The minimum Gasteiger partial charge on any atom is -0.323 e. The summed E-state index contributed by atoms with van der Waals surface area (Å²) in [5.74, 6) is 0. The summed E-state index contributed by atoms with van der Waals surface area (Å²) in [6.45, 7) is 5.20. The van der Waals surface area contributed by atoms with Crippen LogP contribution in [0.25, 0.3) is 0 Å². The van der Waals surface area contributed by atoms with Crippen LogP contribution in [0, 0.1) is 0 Å². The first-order chi connectivity index (χ1) is 9.51. The van der Waals surface area contributed by atoms with Gasteiger partial charge in [-0.15, -0.1) is 0 Å². The number of nitrogens with two attached hydrogens (primary N) is 1. The SMILES string of the molecule is CCCN(CCC)S(=O)(=O)NCC(N)c1ccccc1. The smallest absolute Gasteiger partial charge is 0.279 e. The number of hydrogen-bond acceptors (Lipinski definition) is 3. The Labute approximate surface area is 122 Å². The van der Waals surface area contributed by atoms with E-state index in [1.807, 2.05) is 44.2 Å². The monoisotopic (exact) mass is 299 g/mol. The predicted octanol–water partition coefficient (Wildman–Crippen LogP) is 1.64. The third-order valence-corrected chi connectivity index (χ3v) is 4.58. The van der Waals surface area contributed by atoms with E-state index in [-0.39, 0.29) is 12.6 Å². The van der Waals surface area contributed by atoms with Crippen LogP contribution in [0.3, 0.4) is 0 Å². The molecule has 0 amide bonds. The fourth-order valence-corrected chi connectivity index (χ4v) is 3.37. The van der Waals surface area contributed by atoms with Crippen LogP contribution in [0.2, 0.25) is 0 Å². The minimum atomic E-state index is -3.45. The Bertz CT molecular complexity index is 470. The van der Waals surface area contributed by atoms with Gasteiger partial charge >= 0.3 is 0 Å². The first-order valence-electron chi connectivity index (χ1n) is 7.06. The van der Waals surface area contributed by atoms with E-state index < -0.39 is 10.2 Å². The van der Waals surface area contributed by atoms with Gasteiger partial charge in [0.25, 0.3) is 10.2 Å². The van der Waals surface area contributed by atoms with Crippen LogP contribution in [-0.2, 0) is 10.2 Å². The molecule has 0 aliphatic rings. The number of nitrogens with zero attached hydrogens (tertiary/aromatic N) is 1. The van der Waals surface area contributed by atoms with Crippen LogP contribution >= 0.6 is 0 Å². The van der Waals surface area contributed by atoms with Crippen molar-refractivity contribution in [2.45, 2.75) is 32.7 Å². The minimum absolute atomic E-state index is 0.205. The van der Waals surface area contributed by atoms with Crippen molar-refractivity contribution in [3.8, 4) is 0 Å². The van der Waals surface area contributed by atoms with Crippen LogP contribution in [0.1, 0.15) is 38.3 Å². The highest BCUT2D eigenvalue weighted by Gasteiger charge is 2.20. The topological polar surface area (TPSA) is 75.4 Å². The second-order valence-corrected chi connectivity index (χ2v) is 6.52. The van der Waals surface area contributed by atoms with E-state index in [0.29, 0.717) is 13.1 Å². The van der Waals surface area contributed by atoms with Gasteiger partial charge < -0.3 is 5.73 Å². The summed E-state index contributed by atoms with van der Waals surface area (Å²) < 4.78 is 28.5. The van der Waals surface area contributed by atoms with Crippen LogP contribution in [-0.4, -0.2) is 32.4 Å². The molecule has 0 saturated heterocycles. The molecule has 20 heavy (non-hydrogen) atoms. The van der Waals surface area contributed by atoms with E-state index in [9.17, 15) is 8.42 Å². The van der Waals surface area contributed by atoms with Crippen LogP contribution in [0.5, 0.6) is 0 Å². The van der Waals surface area contributed by atoms with Crippen LogP contribution < -0.4 is 10.5 Å². The van der Waals surface area contributed by atoms with E-state index in [2.05, 4.69) is 4.72 Å². The Morgan fingerprint density at radius 2 is 1.70 bits per heavy atom. The van der Waals surface area contributed by atoms with Crippen molar-refractivity contribution in [2.75, 3.05) is 19.6 Å². The summed E-state index contributed by atoms with van der Waals surface area (Å²) in [7, 11) is -3.45. The molecule has 5 nitrogen and oxygen atoms in total. The van der Waals surface area contributed by atoms with Gasteiger partial charge in [0.2, 0.25) is 0 Å². The van der Waals surface area contributed by atoms with Gasteiger partial charge in [0.1, 0.15) is 0 Å². The molecule has 0 aromatic heterocycles. The Morgan fingerprint density at radius 3 is 2.20 bits per heavy atom. The fraction of sp³-hybridized carbons (Fsp3) is 0.571. The molecule has 1 unspecified atom stereocenters. The molecule has 1 aromatic rings. The molecule has 3 N–H and O–H groups in total. The zero-order valence-electron chi connectivity index (χ0n) is 12.2. The molecule has 0 fully saturated rings. The molecule has 0 aliphatic heterocycles. The van der Waals surface area contributed by atoms with Gasteiger partial charge in [-0.2, -0.15) is 12.7 Å². The molecule has 114 valence electrons. The second-order valence-electron chi connectivity index (χ2n) is 4.77. The maximum Gasteiger partial charge on any atom is 0.279 e. The van der Waals surface area contributed by atoms with E-state index in [1.54, 1.807) is 0 Å². The highest BCUT2D eigenvalue weighted by molar-refractivity contribution is 7.87. The molecule has 1 aromatic carbocycles. The van der Waals surface area contributed by atoms with E-state index in [4.69, 9.17) is 5.73 Å². The molecule has 1 rings (SSSR count). The normalized spacial score (nSPS) is 13.6. The fourth-order valence-electron chi connectivity index (χ4n) is 1.96. The van der Waals surface area contributed by atoms with Crippen molar-refractivity contribution >= 4 is 10.2 Å². The predicted molar refractivity (Wildman–Crippen MR) is 82.4 cm³/mol. The highest BCUT2D eigenvalue weighted by Crippen LogP contribution is 2.09. The van der Waals surface area contributed by atoms with Crippen LogP contribution in [0.15, 0.2) is 30.3 Å². The Morgan fingerprint density at radius 1 is 1.15 bits per heavy atom. The van der Waals surface area contributed by atoms with Gasteiger partial charge in [-0.1, -0.05) is 44.2 Å². The van der Waals surface area contributed by atoms with Crippen molar-refractivity contribution in [3.63, 3.8) is 0 Å². The summed E-state index contributed by atoms with van der Waals surface area (Å²) in [4.78, 5) is 0. The molecule has 0 bridgehead atoms. The van der Waals surface area contributed by atoms with Crippen molar-refractivity contribution in [3.05, 3.63) is 35.9 Å². The van der Waals surface area contributed by atoms with Crippen molar-refractivity contribution in [1.82, 2.24) is 9.03 Å². The van der Waals surface area contributed by atoms with Crippen molar-refractivity contribution < 1.29 is 8.42 Å². The summed E-state index contributed by atoms with van der Waals surface area (Å²) in [6.07, 6.45) is 1.59. The molecule has 6 heteroatoms. The maximum atomic E-state index is 12.2. The van der Waals surface area contributed by atoms with Gasteiger partial charge in [0.05, 0.1) is 0 Å². The lowest BCUT2D eigenvalue weighted by atomic mass is 10.1. The summed E-state index contributed by atoms with van der Waals surface area (Å²) in [5, 5.41) is 0. The first-order valence-corrected chi connectivity index (χ1v) is 8.50. The Kier molecular flexibility index (Phi) is 7.15. The van der Waals surface area contributed by atoms with Crippen LogP contribution in [0.4, 0.5) is 0 Å². The first kappa shape index (κ1) is 17.1. The second kappa shape index (κ2) is 8.36. The molecule has 0 aliphatic carbocycles. The summed E-state index contributed by atoms with van der Waals surface area (Å²) in [6, 6.07) is 9.15. The average molecular weight is 299 g/mol. The lowest BCUT2D eigenvalue weighted by Crippen LogP contribution is -2.43. The lowest BCUT2D eigenvalue weighted by molar-refractivity contribution is 0.400. The molecule has 0 saturated carbocycles. The highest BCUT2D eigenvalue weighted by atomic mass is 32.2. The van der Waals surface area contributed by atoms with Gasteiger partial charge in [0.15, 0.2) is 0 Å². The largest absolute Gasteiger partial charge is 0.323 e. The standard InChI is InChI=1S/C14H25N3O2S/c1-3-10-17(11-4-2)20(18,19)16-12-14(15)13-8-6-5-7-9-13/h5-9,14,16H,3-4,10-12,15H2,1-2H3. The number of nitrogens with one attached hydrogen (secondary N) is 1. The molecular formula is C14H25N3O2S. The third-order valence-electron chi connectivity index (χ3n) is 3.00. The quantitative estimate of drug-likeness (QED) is 0.728. The zero-order valence-corrected chi connectivity index (χ0v) is 13.1. The maximum absolute atomic E-state index is 12.2. The molecule has 1 atom stereocenters. The van der Waals surface area contributed by atoms with Gasteiger partial charge in [-0.05, 0) is 18.4 Å². The van der Waals surface area contributed by atoms with Gasteiger partial charge in [-0.3, -0.25) is 0 Å². The van der Waals surface area contributed by atoms with Crippen molar-refractivity contribution in [1.29, 1.82) is 0 Å². The molecule has 0 heterocycles. The Balaban J connectivity index is 2.62. The number of rotatable bonds is 9. The average Bonchev–Trinajstić information content (AvgIpc) is 2.45. The number of hydrogen-bond donors (Lipinski definition) is 2. The molecule has 0 spiro atoms.